The Balaban J connectivity index is 3.51. The van der Waals surface area contributed by atoms with E-state index < -0.39 is 0 Å². The lowest BCUT2D eigenvalue weighted by Gasteiger charge is -2.17. The van der Waals surface area contributed by atoms with Crippen LogP contribution in [0.2, 0.25) is 0 Å². The molecular weight excluding hydrogens is 216 g/mol. The molecule has 0 saturated carbocycles. The molecule has 0 aliphatic rings. The maximum absolute atomic E-state index is 5.61. The third-order valence-corrected chi connectivity index (χ3v) is 1.93. The van der Waals surface area contributed by atoms with Crippen molar-refractivity contribution in [2.45, 2.75) is 39.9 Å². The fourth-order valence-electron chi connectivity index (χ4n) is 1.08. The predicted octanol–water partition coefficient (Wildman–Crippen LogP) is 2.97. The van der Waals surface area contributed by atoms with E-state index in [1.54, 1.807) is 0 Å². The van der Waals surface area contributed by atoms with E-state index in [0.29, 0.717) is 26.4 Å². The van der Waals surface area contributed by atoms with E-state index in [-0.39, 0.29) is 12.2 Å². The van der Waals surface area contributed by atoms with Gasteiger partial charge in [-0.15, -0.1) is 0 Å². The summed E-state index contributed by atoms with van der Waals surface area (Å²) in [5.74, 6) is 0. The molecular formula is C14H26O3. The zero-order chi connectivity index (χ0) is 13.3. The third-order valence-electron chi connectivity index (χ3n) is 1.93. The summed E-state index contributed by atoms with van der Waals surface area (Å²) in [4.78, 5) is 0. The second-order valence-electron chi connectivity index (χ2n) is 4.69. The summed E-state index contributed by atoms with van der Waals surface area (Å²) in [6.45, 7) is 17.8. The van der Waals surface area contributed by atoms with Gasteiger partial charge in [-0.3, -0.25) is 0 Å². The second-order valence-corrected chi connectivity index (χ2v) is 4.69. The van der Waals surface area contributed by atoms with Crippen LogP contribution in [0.4, 0.5) is 0 Å². The quantitative estimate of drug-likeness (QED) is 0.551. The molecule has 17 heavy (non-hydrogen) atoms. The highest BCUT2D eigenvalue weighted by Gasteiger charge is 2.07. The van der Waals surface area contributed by atoms with Crippen LogP contribution in [0.5, 0.6) is 0 Å². The van der Waals surface area contributed by atoms with Crippen molar-refractivity contribution >= 4 is 0 Å². The Kier molecular flexibility index (Phi) is 9.04. The Labute approximate surface area is 105 Å². The Morgan fingerprint density at radius 2 is 1.41 bits per heavy atom. The molecule has 0 aliphatic heterocycles. The smallest absolute Gasteiger partial charge is 0.0785 e. The van der Waals surface area contributed by atoms with Gasteiger partial charge in [-0.2, -0.15) is 0 Å². The minimum atomic E-state index is 0.0743. The molecule has 100 valence electrons. The van der Waals surface area contributed by atoms with Crippen LogP contribution in [0, 0.1) is 0 Å². The summed E-state index contributed by atoms with van der Waals surface area (Å²) >= 11 is 0. The highest BCUT2D eigenvalue weighted by Crippen LogP contribution is 2.00. The van der Waals surface area contributed by atoms with Crippen LogP contribution in [-0.4, -0.2) is 38.6 Å². The first-order valence-electron chi connectivity index (χ1n) is 6.01. The summed E-state index contributed by atoms with van der Waals surface area (Å²) in [5, 5.41) is 0. The van der Waals surface area contributed by atoms with E-state index in [9.17, 15) is 0 Å². The minimum Gasteiger partial charge on any atom is -0.374 e. The Morgan fingerprint density at radius 1 is 0.882 bits per heavy atom. The van der Waals surface area contributed by atoms with Crippen molar-refractivity contribution in [3.05, 3.63) is 24.3 Å². The molecule has 0 saturated heterocycles. The van der Waals surface area contributed by atoms with Gasteiger partial charge in [0, 0.05) is 0 Å². The normalized spacial score (nSPS) is 14.4. The summed E-state index contributed by atoms with van der Waals surface area (Å²) in [7, 11) is 0. The van der Waals surface area contributed by atoms with Crippen molar-refractivity contribution in [1.82, 2.24) is 0 Å². The number of ether oxygens (including phenoxy) is 3. The molecule has 0 aliphatic carbocycles. The third kappa shape index (κ3) is 11.6. The van der Waals surface area contributed by atoms with Gasteiger partial charge < -0.3 is 14.2 Å². The van der Waals surface area contributed by atoms with Crippen LogP contribution in [0.1, 0.15) is 27.7 Å². The van der Waals surface area contributed by atoms with Gasteiger partial charge >= 0.3 is 0 Å². The van der Waals surface area contributed by atoms with Gasteiger partial charge in [-0.25, -0.2) is 0 Å². The van der Waals surface area contributed by atoms with Crippen LogP contribution in [0.25, 0.3) is 0 Å². The van der Waals surface area contributed by atoms with Crippen molar-refractivity contribution < 1.29 is 14.2 Å². The molecule has 0 fully saturated rings. The molecule has 3 nitrogen and oxygen atoms in total. The van der Waals surface area contributed by atoms with Crippen LogP contribution in [0.3, 0.4) is 0 Å². The lowest BCUT2D eigenvalue weighted by molar-refractivity contribution is -0.0506. The van der Waals surface area contributed by atoms with Gasteiger partial charge in [-0.1, -0.05) is 24.3 Å². The first kappa shape index (κ1) is 16.4. The second kappa shape index (κ2) is 9.40. The molecule has 0 aromatic carbocycles. The molecule has 0 aromatic rings. The van der Waals surface area contributed by atoms with E-state index in [1.165, 1.54) is 0 Å². The molecule has 3 heteroatoms. The standard InChI is InChI=1S/C14H26O3/c1-11(2)7-15-9-13(5)17-10-14(6)16-8-12(3)4/h13-14H,1,3,7-10H2,2,4-6H3. The zero-order valence-electron chi connectivity index (χ0n) is 11.6. The fourth-order valence-corrected chi connectivity index (χ4v) is 1.08. The van der Waals surface area contributed by atoms with E-state index in [1.807, 2.05) is 27.7 Å². The lowest BCUT2D eigenvalue weighted by atomic mass is 10.3. The molecule has 0 bridgehead atoms. The Morgan fingerprint density at radius 3 is 1.94 bits per heavy atom. The van der Waals surface area contributed by atoms with Gasteiger partial charge in [0.25, 0.3) is 0 Å². The predicted molar refractivity (Wildman–Crippen MR) is 71.3 cm³/mol. The van der Waals surface area contributed by atoms with E-state index in [2.05, 4.69) is 13.2 Å². The van der Waals surface area contributed by atoms with Crippen molar-refractivity contribution in [2.24, 2.45) is 0 Å². The van der Waals surface area contributed by atoms with E-state index >= 15 is 0 Å². The minimum absolute atomic E-state index is 0.0743. The van der Waals surface area contributed by atoms with Crippen molar-refractivity contribution in [2.75, 3.05) is 26.4 Å². The summed E-state index contributed by atoms with van der Waals surface area (Å²) in [6, 6.07) is 0. The van der Waals surface area contributed by atoms with Crippen LogP contribution in [0.15, 0.2) is 24.3 Å². The maximum Gasteiger partial charge on any atom is 0.0785 e. The molecule has 0 amide bonds. The van der Waals surface area contributed by atoms with Crippen LogP contribution in [-0.2, 0) is 14.2 Å². The zero-order valence-corrected chi connectivity index (χ0v) is 11.6. The maximum atomic E-state index is 5.61. The van der Waals surface area contributed by atoms with Gasteiger partial charge in [0.2, 0.25) is 0 Å². The molecule has 0 heterocycles. The van der Waals surface area contributed by atoms with E-state index in [0.717, 1.165) is 11.1 Å². The van der Waals surface area contributed by atoms with Crippen molar-refractivity contribution in [1.29, 1.82) is 0 Å². The highest BCUT2D eigenvalue weighted by molar-refractivity contribution is 4.88. The number of hydrogen-bond donors (Lipinski definition) is 0. The topological polar surface area (TPSA) is 27.7 Å². The molecule has 0 spiro atoms. The van der Waals surface area contributed by atoms with E-state index in [4.69, 9.17) is 14.2 Å². The van der Waals surface area contributed by atoms with Crippen LogP contribution >= 0.6 is 0 Å². The van der Waals surface area contributed by atoms with Gasteiger partial charge in [0.15, 0.2) is 0 Å². The first-order valence-corrected chi connectivity index (χ1v) is 6.01. The lowest BCUT2D eigenvalue weighted by Crippen LogP contribution is -2.24. The molecule has 2 unspecified atom stereocenters. The summed E-state index contributed by atoms with van der Waals surface area (Å²) < 4.78 is 16.5. The molecule has 2 atom stereocenters. The van der Waals surface area contributed by atoms with Gasteiger partial charge in [0.05, 0.1) is 38.6 Å². The Bertz CT molecular complexity index is 236. The Hall–Kier alpha value is -0.640. The van der Waals surface area contributed by atoms with Gasteiger partial charge in [-0.05, 0) is 27.7 Å². The molecule has 0 N–H and O–H groups in total. The SMILES string of the molecule is C=C(C)COCC(C)OCC(C)OCC(=C)C. The van der Waals surface area contributed by atoms with Crippen molar-refractivity contribution in [3.63, 3.8) is 0 Å². The molecule has 0 rings (SSSR count). The number of hydrogen-bond acceptors (Lipinski definition) is 3. The molecule has 0 radical (unpaired) electrons. The van der Waals surface area contributed by atoms with Crippen molar-refractivity contribution in [3.8, 4) is 0 Å². The average molecular weight is 242 g/mol. The monoisotopic (exact) mass is 242 g/mol. The molecule has 0 aromatic heterocycles. The first-order chi connectivity index (χ1) is 7.91. The fraction of sp³-hybridized carbons (Fsp3) is 0.714. The highest BCUT2D eigenvalue weighted by atomic mass is 16.6. The largest absolute Gasteiger partial charge is 0.374 e. The van der Waals surface area contributed by atoms with Gasteiger partial charge in [0.1, 0.15) is 0 Å². The summed E-state index contributed by atoms with van der Waals surface area (Å²) in [5.41, 5.74) is 2.05. The number of rotatable bonds is 10. The van der Waals surface area contributed by atoms with Crippen LogP contribution < -0.4 is 0 Å². The summed E-state index contributed by atoms with van der Waals surface area (Å²) in [6.07, 6.45) is 0.153. The average Bonchev–Trinajstić information content (AvgIpc) is 2.23.